The van der Waals surface area contributed by atoms with Gasteiger partial charge in [0.1, 0.15) is 11.5 Å². The van der Waals surface area contributed by atoms with Crippen LogP contribution in [0, 0.1) is 0 Å². The minimum Gasteiger partial charge on any atom is -0.482 e. The summed E-state index contributed by atoms with van der Waals surface area (Å²) in [7, 11) is -6.55. The van der Waals surface area contributed by atoms with E-state index < -0.39 is 46.2 Å². The van der Waals surface area contributed by atoms with Crippen LogP contribution in [0.1, 0.15) is 6.92 Å². The predicted molar refractivity (Wildman–Crippen MR) is 84.8 cm³/mol. The van der Waals surface area contributed by atoms with E-state index in [0.29, 0.717) is 0 Å². The van der Waals surface area contributed by atoms with Gasteiger partial charge in [0.2, 0.25) is 0 Å². The van der Waals surface area contributed by atoms with Gasteiger partial charge in [0, 0.05) is 11.6 Å². The van der Waals surface area contributed by atoms with Crippen LogP contribution in [0.25, 0.3) is 0 Å². The Kier molecular flexibility index (Phi) is 7.32. The van der Waals surface area contributed by atoms with Crippen molar-refractivity contribution in [3.8, 4) is 11.5 Å². The van der Waals surface area contributed by atoms with E-state index in [-0.39, 0.29) is 17.1 Å². The molecule has 0 heterocycles. The molecule has 0 saturated carbocycles. The number of hydrogen-bond donors (Lipinski definition) is 1. The molecule has 0 aliphatic rings. The molecule has 1 atom stereocenters. The summed E-state index contributed by atoms with van der Waals surface area (Å²) in [5, 5.41) is -5.85. The summed E-state index contributed by atoms with van der Waals surface area (Å²) in [6, 6.07) is 4.78. The van der Waals surface area contributed by atoms with Crippen LogP contribution in [0.2, 0.25) is 0 Å². The first-order valence-electron chi connectivity index (χ1n) is 7.27. The normalized spacial score (nSPS) is 13.3. The Morgan fingerprint density at radius 1 is 1.17 bits per heavy atom. The van der Waals surface area contributed by atoms with Crippen LogP contribution in [-0.4, -0.2) is 49.1 Å². The highest BCUT2D eigenvalue weighted by Crippen LogP contribution is 2.38. The molecule has 1 rings (SSSR count). The van der Waals surface area contributed by atoms with Gasteiger partial charge in [-0.05, 0) is 19.1 Å². The Labute approximate surface area is 160 Å². The molecule has 1 aromatic carbocycles. The predicted octanol–water partition coefficient (Wildman–Crippen LogP) is 2.50. The maximum absolute atomic E-state index is 13.3. The van der Waals surface area contributed by atoms with Crippen molar-refractivity contribution in [2.75, 3.05) is 6.61 Å². The standard InChI is InChI=1S/C15H13F5O8S/c1-8(2)12(22)27-10-5-3-4-9(6-10)26-7-11(21)28-13(14(16,17)18)15(19,20)29(23,24)25/h3-6,13H,1,7H2,2H3,(H,23,24,25). The van der Waals surface area contributed by atoms with Crippen molar-refractivity contribution in [3.05, 3.63) is 36.4 Å². The Morgan fingerprint density at radius 3 is 2.21 bits per heavy atom. The highest BCUT2D eigenvalue weighted by atomic mass is 32.2. The molecular formula is C15H13F5O8S. The summed E-state index contributed by atoms with van der Waals surface area (Å²) in [6.07, 6.45) is -10.5. The number of benzene rings is 1. The second kappa shape index (κ2) is 8.73. The van der Waals surface area contributed by atoms with Crippen LogP contribution in [-0.2, 0) is 24.4 Å². The number of rotatable bonds is 8. The van der Waals surface area contributed by atoms with Crippen LogP contribution in [0.3, 0.4) is 0 Å². The summed E-state index contributed by atoms with van der Waals surface area (Å²) in [5.41, 5.74) is 0.0536. The van der Waals surface area contributed by atoms with Gasteiger partial charge in [-0.2, -0.15) is 30.4 Å². The molecule has 0 aliphatic carbocycles. The Balaban J connectivity index is 2.86. The van der Waals surface area contributed by atoms with E-state index in [1.165, 1.54) is 25.1 Å². The molecule has 0 radical (unpaired) electrons. The maximum atomic E-state index is 13.3. The summed E-state index contributed by atoms with van der Waals surface area (Å²) < 4.78 is 107. The zero-order valence-electron chi connectivity index (χ0n) is 14.4. The first kappa shape index (κ1) is 24.3. The molecule has 0 amide bonds. The summed E-state index contributed by atoms with van der Waals surface area (Å²) >= 11 is 0. The first-order valence-corrected chi connectivity index (χ1v) is 8.71. The number of esters is 2. The molecule has 1 unspecified atom stereocenters. The molecule has 8 nitrogen and oxygen atoms in total. The van der Waals surface area contributed by atoms with Gasteiger partial charge in [-0.15, -0.1) is 0 Å². The minimum absolute atomic E-state index is 0.0536. The lowest BCUT2D eigenvalue weighted by Gasteiger charge is -2.26. The van der Waals surface area contributed by atoms with E-state index >= 15 is 0 Å². The lowest BCUT2D eigenvalue weighted by molar-refractivity contribution is -0.259. The lowest BCUT2D eigenvalue weighted by Crippen LogP contribution is -2.52. The van der Waals surface area contributed by atoms with Crippen molar-refractivity contribution in [1.82, 2.24) is 0 Å². The molecule has 0 aromatic heterocycles. The Bertz CT molecular complexity index is 894. The van der Waals surface area contributed by atoms with Crippen molar-refractivity contribution in [3.63, 3.8) is 0 Å². The van der Waals surface area contributed by atoms with Crippen LogP contribution in [0.4, 0.5) is 22.0 Å². The highest BCUT2D eigenvalue weighted by Gasteiger charge is 2.66. The fourth-order valence-corrected chi connectivity index (χ4v) is 2.04. The van der Waals surface area contributed by atoms with Gasteiger partial charge in [-0.1, -0.05) is 12.6 Å². The van der Waals surface area contributed by atoms with Crippen molar-refractivity contribution >= 4 is 22.1 Å². The van der Waals surface area contributed by atoms with E-state index in [1.807, 2.05) is 0 Å². The van der Waals surface area contributed by atoms with E-state index in [4.69, 9.17) is 14.0 Å². The molecule has 0 spiro atoms. The van der Waals surface area contributed by atoms with Gasteiger partial charge in [-0.3, -0.25) is 4.55 Å². The maximum Gasteiger partial charge on any atom is 0.432 e. The van der Waals surface area contributed by atoms with Crippen molar-refractivity contribution in [2.24, 2.45) is 0 Å². The molecule has 0 aliphatic heterocycles. The quantitative estimate of drug-likeness (QED) is 0.212. The van der Waals surface area contributed by atoms with E-state index in [1.54, 1.807) is 0 Å². The fraction of sp³-hybridized carbons (Fsp3) is 0.333. The van der Waals surface area contributed by atoms with Gasteiger partial charge in [0.25, 0.3) is 6.10 Å². The van der Waals surface area contributed by atoms with Crippen LogP contribution >= 0.6 is 0 Å². The van der Waals surface area contributed by atoms with Gasteiger partial charge < -0.3 is 14.2 Å². The topological polar surface area (TPSA) is 116 Å². The first-order chi connectivity index (χ1) is 13.1. The summed E-state index contributed by atoms with van der Waals surface area (Å²) in [4.78, 5) is 22.8. The largest absolute Gasteiger partial charge is 0.482 e. The van der Waals surface area contributed by atoms with Crippen molar-refractivity contribution < 1.29 is 58.7 Å². The number of carbonyl (C=O) groups is 2. The van der Waals surface area contributed by atoms with Crippen molar-refractivity contribution in [2.45, 2.75) is 24.5 Å². The molecule has 29 heavy (non-hydrogen) atoms. The Hall–Kier alpha value is -2.74. The third-order valence-corrected chi connectivity index (χ3v) is 3.82. The van der Waals surface area contributed by atoms with E-state index in [9.17, 15) is 40.0 Å². The third kappa shape index (κ3) is 6.67. The number of carbonyl (C=O) groups excluding carboxylic acids is 2. The van der Waals surface area contributed by atoms with Gasteiger partial charge >= 0.3 is 33.5 Å². The minimum atomic E-state index is -6.55. The van der Waals surface area contributed by atoms with Gasteiger partial charge in [-0.25, -0.2) is 9.59 Å². The van der Waals surface area contributed by atoms with Crippen molar-refractivity contribution in [1.29, 1.82) is 0 Å². The SMILES string of the molecule is C=C(C)C(=O)Oc1cccc(OCC(=O)OC(C(F)(F)F)C(F)(F)S(=O)(=O)O)c1. The molecule has 1 N–H and O–H groups in total. The monoisotopic (exact) mass is 448 g/mol. The lowest BCUT2D eigenvalue weighted by atomic mass is 10.3. The van der Waals surface area contributed by atoms with Crippen LogP contribution in [0.15, 0.2) is 36.4 Å². The average molecular weight is 448 g/mol. The molecule has 1 aromatic rings. The highest BCUT2D eigenvalue weighted by molar-refractivity contribution is 7.86. The molecule has 0 saturated heterocycles. The second-order valence-corrected chi connectivity index (χ2v) is 6.88. The molecule has 0 fully saturated rings. The van der Waals surface area contributed by atoms with Crippen LogP contribution in [0.5, 0.6) is 11.5 Å². The number of alkyl halides is 5. The second-order valence-electron chi connectivity index (χ2n) is 5.38. The molecule has 0 bridgehead atoms. The number of halogens is 5. The molecule has 162 valence electrons. The number of hydrogen-bond acceptors (Lipinski definition) is 7. The molecule has 14 heteroatoms. The third-order valence-electron chi connectivity index (χ3n) is 2.92. The average Bonchev–Trinajstić information content (AvgIpc) is 2.56. The zero-order valence-corrected chi connectivity index (χ0v) is 15.2. The smallest absolute Gasteiger partial charge is 0.432 e. The van der Waals surface area contributed by atoms with Crippen LogP contribution < -0.4 is 9.47 Å². The Morgan fingerprint density at radius 2 is 1.72 bits per heavy atom. The summed E-state index contributed by atoms with van der Waals surface area (Å²) in [6.45, 7) is 3.35. The fourth-order valence-electron chi connectivity index (χ4n) is 1.59. The van der Waals surface area contributed by atoms with E-state index in [0.717, 1.165) is 6.07 Å². The van der Waals surface area contributed by atoms with Gasteiger partial charge in [0.05, 0.1) is 0 Å². The van der Waals surface area contributed by atoms with Gasteiger partial charge in [0.15, 0.2) is 6.61 Å². The molecular weight excluding hydrogens is 435 g/mol. The number of ether oxygens (including phenoxy) is 3. The zero-order chi connectivity index (χ0) is 22.6. The van der Waals surface area contributed by atoms with E-state index in [2.05, 4.69) is 11.3 Å². The summed E-state index contributed by atoms with van der Waals surface area (Å²) in [5.74, 6) is -3.13.